The Hall–Kier alpha value is -1.32. The number of aryl methyl sites for hydroxylation is 1. The number of nitrogens with two attached hydrogens (primary N) is 1. The molecule has 1 aliphatic carbocycles. The first-order valence-corrected chi connectivity index (χ1v) is 6.49. The zero-order valence-corrected chi connectivity index (χ0v) is 11.0. The fourth-order valence-corrected chi connectivity index (χ4v) is 2.19. The van der Waals surface area contributed by atoms with Gasteiger partial charge in [-0.05, 0) is 32.6 Å². The number of nitrogens with zero attached hydrogens (tertiary/aromatic N) is 3. The van der Waals surface area contributed by atoms with Crippen LogP contribution in [-0.2, 0) is 6.42 Å². The van der Waals surface area contributed by atoms with Crippen LogP contribution in [0.3, 0.4) is 0 Å². The van der Waals surface area contributed by atoms with E-state index in [4.69, 9.17) is 5.73 Å². The van der Waals surface area contributed by atoms with Gasteiger partial charge in [-0.25, -0.2) is 9.97 Å². The molecule has 1 aromatic heterocycles. The third kappa shape index (κ3) is 2.35. The van der Waals surface area contributed by atoms with Crippen LogP contribution in [-0.4, -0.2) is 23.1 Å². The summed E-state index contributed by atoms with van der Waals surface area (Å²) < 4.78 is 0. The molecule has 1 heterocycles. The van der Waals surface area contributed by atoms with Crippen molar-refractivity contribution in [1.82, 2.24) is 9.97 Å². The number of anilines is 2. The summed E-state index contributed by atoms with van der Waals surface area (Å²) in [5.74, 6) is 2.52. The first-order chi connectivity index (χ1) is 8.13. The molecule has 1 aromatic rings. The van der Waals surface area contributed by atoms with Gasteiger partial charge in [0.15, 0.2) is 0 Å². The van der Waals surface area contributed by atoms with Gasteiger partial charge in [-0.1, -0.05) is 6.92 Å². The van der Waals surface area contributed by atoms with Crippen molar-refractivity contribution in [3.05, 3.63) is 11.4 Å². The molecule has 94 valence electrons. The van der Waals surface area contributed by atoms with E-state index in [0.717, 1.165) is 30.0 Å². The summed E-state index contributed by atoms with van der Waals surface area (Å²) in [4.78, 5) is 11.3. The lowest BCUT2D eigenvalue weighted by atomic mass is 9.92. The first-order valence-electron chi connectivity index (χ1n) is 6.49. The highest BCUT2D eigenvalue weighted by Crippen LogP contribution is 2.30. The van der Waals surface area contributed by atoms with Crippen molar-refractivity contribution in [1.29, 1.82) is 0 Å². The quantitative estimate of drug-likeness (QED) is 0.868. The van der Waals surface area contributed by atoms with Crippen molar-refractivity contribution in [2.45, 2.75) is 52.0 Å². The molecule has 1 saturated carbocycles. The number of rotatable bonds is 4. The Morgan fingerprint density at radius 3 is 2.59 bits per heavy atom. The van der Waals surface area contributed by atoms with Crippen LogP contribution in [0.2, 0.25) is 0 Å². The minimum absolute atomic E-state index is 0.629. The highest BCUT2D eigenvalue weighted by molar-refractivity contribution is 5.56. The number of hydrogen-bond donors (Lipinski definition) is 1. The van der Waals surface area contributed by atoms with E-state index in [9.17, 15) is 0 Å². The normalized spacial score (nSPS) is 15.7. The molecule has 4 nitrogen and oxygen atoms in total. The Labute approximate surface area is 103 Å². The van der Waals surface area contributed by atoms with Crippen LogP contribution in [0.25, 0.3) is 0 Å². The second-order valence-corrected chi connectivity index (χ2v) is 4.92. The van der Waals surface area contributed by atoms with Gasteiger partial charge in [-0.3, -0.25) is 0 Å². The highest BCUT2D eigenvalue weighted by Gasteiger charge is 2.25. The number of aromatic nitrogens is 2. The predicted octanol–water partition coefficient (Wildman–Crippen LogP) is 2.31. The van der Waals surface area contributed by atoms with E-state index in [-0.39, 0.29) is 0 Å². The molecule has 0 aliphatic heterocycles. The van der Waals surface area contributed by atoms with Gasteiger partial charge in [0.05, 0.1) is 0 Å². The van der Waals surface area contributed by atoms with Gasteiger partial charge in [0.1, 0.15) is 17.5 Å². The minimum atomic E-state index is 0.629. The third-order valence-electron chi connectivity index (χ3n) is 3.63. The van der Waals surface area contributed by atoms with Crippen molar-refractivity contribution in [3.8, 4) is 0 Å². The molecule has 4 heteroatoms. The molecule has 2 rings (SSSR count). The monoisotopic (exact) mass is 234 g/mol. The Morgan fingerprint density at radius 2 is 2.06 bits per heavy atom. The highest BCUT2D eigenvalue weighted by atomic mass is 15.2. The van der Waals surface area contributed by atoms with Gasteiger partial charge in [0.25, 0.3) is 0 Å². The molecule has 1 fully saturated rings. The van der Waals surface area contributed by atoms with E-state index in [1.807, 2.05) is 6.92 Å². The van der Waals surface area contributed by atoms with Crippen LogP contribution in [0.5, 0.6) is 0 Å². The molecule has 0 unspecified atom stereocenters. The molecule has 0 aromatic carbocycles. The van der Waals surface area contributed by atoms with E-state index in [1.165, 1.54) is 19.3 Å². The zero-order chi connectivity index (χ0) is 12.4. The van der Waals surface area contributed by atoms with E-state index < -0.39 is 0 Å². The van der Waals surface area contributed by atoms with Crippen molar-refractivity contribution >= 4 is 11.6 Å². The van der Waals surface area contributed by atoms with Crippen LogP contribution >= 0.6 is 0 Å². The summed E-state index contributed by atoms with van der Waals surface area (Å²) in [7, 11) is 2.12. The molecule has 0 radical (unpaired) electrons. The van der Waals surface area contributed by atoms with Crippen LogP contribution < -0.4 is 10.6 Å². The van der Waals surface area contributed by atoms with Crippen molar-refractivity contribution in [2.75, 3.05) is 17.7 Å². The second kappa shape index (κ2) is 4.90. The molecular formula is C13H22N4. The summed E-state index contributed by atoms with van der Waals surface area (Å²) in [5, 5.41) is 0. The minimum Gasteiger partial charge on any atom is -0.383 e. The molecule has 17 heavy (non-hydrogen) atoms. The SMILES string of the molecule is CCCc1nc(N)c(C)c(N(C)C2CCC2)n1. The topological polar surface area (TPSA) is 55.0 Å². The molecule has 0 amide bonds. The van der Waals surface area contributed by atoms with Gasteiger partial charge in [-0.15, -0.1) is 0 Å². The van der Waals surface area contributed by atoms with Crippen molar-refractivity contribution in [3.63, 3.8) is 0 Å². The maximum atomic E-state index is 5.97. The van der Waals surface area contributed by atoms with Crippen LogP contribution in [0, 0.1) is 6.92 Å². The van der Waals surface area contributed by atoms with E-state index in [0.29, 0.717) is 11.9 Å². The standard InChI is InChI=1S/C13H22N4/c1-4-6-11-15-12(14)9(2)13(16-11)17(3)10-7-5-8-10/h10H,4-8H2,1-3H3,(H2,14,15,16). The molecule has 0 spiro atoms. The van der Waals surface area contributed by atoms with Crippen molar-refractivity contribution < 1.29 is 0 Å². The molecule has 0 saturated heterocycles. The Morgan fingerprint density at radius 1 is 1.35 bits per heavy atom. The van der Waals surface area contributed by atoms with Crippen molar-refractivity contribution in [2.24, 2.45) is 0 Å². The molecule has 2 N–H and O–H groups in total. The lowest BCUT2D eigenvalue weighted by molar-refractivity contribution is 0.398. The molecule has 1 aliphatic rings. The maximum absolute atomic E-state index is 5.97. The molecule has 0 bridgehead atoms. The van der Waals surface area contributed by atoms with Crippen LogP contribution in [0.1, 0.15) is 44.0 Å². The average Bonchev–Trinajstić information content (AvgIpc) is 2.21. The largest absolute Gasteiger partial charge is 0.383 e. The van der Waals surface area contributed by atoms with Gasteiger partial charge < -0.3 is 10.6 Å². The number of nitrogen functional groups attached to an aromatic ring is 1. The smallest absolute Gasteiger partial charge is 0.137 e. The summed E-state index contributed by atoms with van der Waals surface area (Å²) in [5.41, 5.74) is 6.98. The fraction of sp³-hybridized carbons (Fsp3) is 0.692. The van der Waals surface area contributed by atoms with E-state index >= 15 is 0 Å². The maximum Gasteiger partial charge on any atom is 0.137 e. The third-order valence-corrected chi connectivity index (χ3v) is 3.63. The lowest BCUT2D eigenvalue weighted by Gasteiger charge is -2.36. The molecule has 0 atom stereocenters. The average molecular weight is 234 g/mol. The molecular weight excluding hydrogens is 212 g/mol. The van der Waals surface area contributed by atoms with Gasteiger partial charge in [-0.2, -0.15) is 0 Å². The van der Waals surface area contributed by atoms with Gasteiger partial charge in [0.2, 0.25) is 0 Å². The predicted molar refractivity (Wildman–Crippen MR) is 71.2 cm³/mol. The first kappa shape index (κ1) is 12.1. The Bertz CT molecular complexity index is 399. The van der Waals surface area contributed by atoms with Crippen LogP contribution in [0.4, 0.5) is 11.6 Å². The summed E-state index contributed by atoms with van der Waals surface area (Å²) >= 11 is 0. The Balaban J connectivity index is 2.29. The summed E-state index contributed by atoms with van der Waals surface area (Å²) in [6.07, 6.45) is 5.81. The lowest BCUT2D eigenvalue weighted by Crippen LogP contribution is -2.38. The van der Waals surface area contributed by atoms with E-state index in [2.05, 4.69) is 28.8 Å². The Kier molecular flexibility index (Phi) is 3.50. The second-order valence-electron chi connectivity index (χ2n) is 4.92. The van der Waals surface area contributed by atoms with E-state index in [1.54, 1.807) is 0 Å². The fourth-order valence-electron chi connectivity index (χ4n) is 2.19. The number of hydrogen-bond acceptors (Lipinski definition) is 4. The zero-order valence-electron chi connectivity index (χ0n) is 11.0. The van der Waals surface area contributed by atoms with Gasteiger partial charge in [0, 0.05) is 25.1 Å². The summed E-state index contributed by atoms with van der Waals surface area (Å²) in [6.45, 7) is 4.14. The van der Waals surface area contributed by atoms with Crippen LogP contribution in [0.15, 0.2) is 0 Å². The summed E-state index contributed by atoms with van der Waals surface area (Å²) in [6, 6.07) is 0.637. The van der Waals surface area contributed by atoms with Gasteiger partial charge >= 0.3 is 0 Å².